The summed E-state index contributed by atoms with van der Waals surface area (Å²) in [7, 11) is 0. The summed E-state index contributed by atoms with van der Waals surface area (Å²) in [5.41, 5.74) is 0. The molecule has 1 aliphatic heterocycles. The summed E-state index contributed by atoms with van der Waals surface area (Å²) in [4.78, 5) is 11.5. The van der Waals surface area contributed by atoms with Crippen LogP contribution in [0.25, 0.3) is 0 Å². The highest BCUT2D eigenvalue weighted by molar-refractivity contribution is 14.1. The average molecular weight is 478 g/mol. The SMILES string of the molecule is C=CC(=O)O[C@H]1C[C@@H](CCCCCCCCCCCCC)O[C@@H](CI)C1. The largest absolute Gasteiger partial charge is 0.459 e. The molecule has 0 aromatic heterocycles. The Labute approximate surface area is 174 Å². The highest BCUT2D eigenvalue weighted by Gasteiger charge is 2.30. The summed E-state index contributed by atoms with van der Waals surface area (Å²) in [6.07, 6.45) is 19.4. The van der Waals surface area contributed by atoms with Crippen molar-refractivity contribution >= 4 is 28.6 Å². The summed E-state index contributed by atoms with van der Waals surface area (Å²) in [6, 6.07) is 0. The van der Waals surface area contributed by atoms with Crippen molar-refractivity contribution in [2.45, 2.75) is 115 Å². The van der Waals surface area contributed by atoms with Gasteiger partial charge in [-0.1, -0.05) is 107 Å². The van der Waals surface area contributed by atoms with E-state index in [0.29, 0.717) is 0 Å². The maximum absolute atomic E-state index is 11.5. The predicted octanol–water partition coefficient (Wildman–Crippen LogP) is 6.77. The summed E-state index contributed by atoms with van der Waals surface area (Å²) in [5.74, 6) is -0.308. The van der Waals surface area contributed by atoms with Gasteiger partial charge in [0, 0.05) is 23.3 Å². The third-order valence-corrected chi connectivity index (χ3v) is 6.17. The Hall–Kier alpha value is -0.100. The van der Waals surface area contributed by atoms with Crippen molar-refractivity contribution in [3.8, 4) is 0 Å². The highest BCUT2D eigenvalue weighted by atomic mass is 127. The second-order valence-electron chi connectivity index (χ2n) is 7.59. The van der Waals surface area contributed by atoms with Gasteiger partial charge in [0.2, 0.25) is 0 Å². The molecule has 0 aromatic carbocycles. The second-order valence-corrected chi connectivity index (χ2v) is 8.47. The van der Waals surface area contributed by atoms with E-state index in [9.17, 15) is 4.79 Å². The Balaban J connectivity index is 2.06. The van der Waals surface area contributed by atoms with Gasteiger partial charge in [0.15, 0.2) is 0 Å². The van der Waals surface area contributed by atoms with Crippen LogP contribution in [0.4, 0.5) is 0 Å². The first-order chi connectivity index (χ1) is 12.7. The molecule has 1 saturated heterocycles. The van der Waals surface area contributed by atoms with Gasteiger partial charge >= 0.3 is 5.97 Å². The molecule has 0 N–H and O–H groups in total. The van der Waals surface area contributed by atoms with Crippen LogP contribution in [0.2, 0.25) is 0 Å². The van der Waals surface area contributed by atoms with Crippen LogP contribution < -0.4 is 0 Å². The van der Waals surface area contributed by atoms with E-state index in [1.165, 1.54) is 76.7 Å². The van der Waals surface area contributed by atoms with Crippen molar-refractivity contribution < 1.29 is 14.3 Å². The van der Waals surface area contributed by atoms with E-state index >= 15 is 0 Å². The summed E-state index contributed by atoms with van der Waals surface area (Å²) < 4.78 is 12.6. The van der Waals surface area contributed by atoms with Crippen molar-refractivity contribution in [2.75, 3.05) is 4.43 Å². The zero-order valence-corrected chi connectivity index (χ0v) is 18.9. The van der Waals surface area contributed by atoms with Gasteiger partial charge in [-0.05, 0) is 6.42 Å². The Morgan fingerprint density at radius 1 is 1.00 bits per heavy atom. The molecule has 1 heterocycles. The van der Waals surface area contributed by atoms with Gasteiger partial charge in [0.05, 0.1) is 12.2 Å². The first kappa shape index (κ1) is 23.9. The van der Waals surface area contributed by atoms with Crippen molar-refractivity contribution in [2.24, 2.45) is 0 Å². The molecule has 1 rings (SSSR count). The first-order valence-corrected chi connectivity index (χ1v) is 12.3. The number of esters is 1. The lowest BCUT2D eigenvalue weighted by Crippen LogP contribution is -2.38. The molecule has 152 valence electrons. The standard InChI is InChI=1S/C22H39IO3/c1-3-5-6-7-8-9-10-11-12-13-14-15-19-16-20(26-22(24)4-2)17-21(18-23)25-19/h4,19-21H,2-3,5-18H2,1H3/t19-,20+,21-/m1/s1. The number of rotatable bonds is 15. The minimum atomic E-state index is -0.308. The molecule has 26 heavy (non-hydrogen) atoms. The van der Waals surface area contributed by atoms with E-state index in [1.54, 1.807) is 0 Å². The van der Waals surface area contributed by atoms with Crippen LogP contribution in [0.15, 0.2) is 12.7 Å². The van der Waals surface area contributed by atoms with E-state index in [2.05, 4.69) is 36.1 Å². The van der Waals surface area contributed by atoms with Crippen molar-refractivity contribution in [3.05, 3.63) is 12.7 Å². The molecular weight excluding hydrogens is 439 g/mol. The van der Waals surface area contributed by atoms with Gasteiger partial charge in [0.1, 0.15) is 6.10 Å². The minimum Gasteiger partial charge on any atom is -0.459 e. The topological polar surface area (TPSA) is 35.5 Å². The number of carbonyl (C=O) groups excluding carboxylic acids is 1. The Morgan fingerprint density at radius 3 is 2.08 bits per heavy atom. The predicted molar refractivity (Wildman–Crippen MR) is 118 cm³/mol. The molecule has 0 saturated carbocycles. The fourth-order valence-corrected chi connectivity index (χ4v) is 4.26. The molecule has 0 aromatic rings. The van der Waals surface area contributed by atoms with Gasteiger partial charge in [-0.3, -0.25) is 0 Å². The molecule has 3 nitrogen and oxygen atoms in total. The van der Waals surface area contributed by atoms with Gasteiger partial charge in [-0.25, -0.2) is 4.79 Å². The van der Waals surface area contributed by atoms with Crippen molar-refractivity contribution in [3.63, 3.8) is 0 Å². The zero-order chi connectivity index (χ0) is 19.0. The smallest absolute Gasteiger partial charge is 0.330 e. The molecule has 0 bridgehead atoms. The lowest BCUT2D eigenvalue weighted by Gasteiger charge is -2.34. The molecule has 0 spiro atoms. The fraction of sp³-hybridized carbons (Fsp3) is 0.864. The van der Waals surface area contributed by atoms with Crippen LogP contribution in [0.3, 0.4) is 0 Å². The first-order valence-electron chi connectivity index (χ1n) is 10.7. The third kappa shape index (κ3) is 11.6. The molecule has 0 unspecified atom stereocenters. The zero-order valence-electron chi connectivity index (χ0n) is 16.7. The maximum Gasteiger partial charge on any atom is 0.330 e. The summed E-state index contributed by atoms with van der Waals surface area (Å²) >= 11 is 2.36. The quantitative estimate of drug-likeness (QED) is 0.0857. The van der Waals surface area contributed by atoms with Crippen LogP contribution in [-0.4, -0.2) is 28.7 Å². The average Bonchev–Trinajstić information content (AvgIpc) is 2.65. The van der Waals surface area contributed by atoms with Gasteiger partial charge in [0.25, 0.3) is 0 Å². The van der Waals surface area contributed by atoms with E-state index in [1.807, 2.05) is 0 Å². The van der Waals surface area contributed by atoms with E-state index in [4.69, 9.17) is 9.47 Å². The van der Waals surface area contributed by atoms with Gasteiger partial charge < -0.3 is 9.47 Å². The van der Waals surface area contributed by atoms with Crippen molar-refractivity contribution in [1.29, 1.82) is 0 Å². The molecule has 0 amide bonds. The molecule has 0 aliphatic carbocycles. The van der Waals surface area contributed by atoms with E-state index in [0.717, 1.165) is 23.7 Å². The third-order valence-electron chi connectivity index (χ3n) is 5.19. The maximum atomic E-state index is 11.5. The van der Waals surface area contributed by atoms with Gasteiger partial charge in [-0.2, -0.15) is 0 Å². The second kappa shape index (κ2) is 15.9. The normalized spacial score (nSPS) is 22.9. The lowest BCUT2D eigenvalue weighted by atomic mass is 9.97. The molecule has 4 heteroatoms. The molecule has 0 radical (unpaired) electrons. The van der Waals surface area contributed by atoms with Crippen LogP contribution in [0, 0.1) is 0 Å². The highest BCUT2D eigenvalue weighted by Crippen LogP contribution is 2.27. The monoisotopic (exact) mass is 478 g/mol. The Bertz CT molecular complexity index is 372. The lowest BCUT2D eigenvalue weighted by molar-refractivity contribution is -0.154. The van der Waals surface area contributed by atoms with E-state index < -0.39 is 0 Å². The fourth-order valence-electron chi connectivity index (χ4n) is 3.70. The number of carbonyl (C=O) groups is 1. The molecular formula is C22H39IO3. The molecule has 3 atom stereocenters. The molecule has 1 aliphatic rings. The number of hydrogen-bond donors (Lipinski definition) is 0. The van der Waals surface area contributed by atoms with E-state index in [-0.39, 0.29) is 24.3 Å². The number of unbranched alkanes of at least 4 members (excludes halogenated alkanes) is 10. The Morgan fingerprint density at radius 2 is 1.54 bits per heavy atom. The number of hydrogen-bond acceptors (Lipinski definition) is 3. The summed E-state index contributed by atoms with van der Waals surface area (Å²) in [5, 5.41) is 0. The van der Waals surface area contributed by atoms with Crippen molar-refractivity contribution in [1.82, 2.24) is 0 Å². The van der Waals surface area contributed by atoms with Crippen LogP contribution >= 0.6 is 22.6 Å². The van der Waals surface area contributed by atoms with Crippen LogP contribution in [-0.2, 0) is 14.3 Å². The Kier molecular flexibility index (Phi) is 14.6. The molecule has 1 fully saturated rings. The van der Waals surface area contributed by atoms with Crippen LogP contribution in [0.5, 0.6) is 0 Å². The minimum absolute atomic E-state index is 0.00766. The number of ether oxygens (including phenoxy) is 2. The van der Waals surface area contributed by atoms with Gasteiger partial charge in [-0.15, -0.1) is 0 Å². The number of alkyl halides is 1. The van der Waals surface area contributed by atoms with Crippen LogP contribution in [0.1, 0.15) is 96.8 Å². The number of halogens is 1. The summed E-state index contributed by atoms with van der Waals surface area (Å²) in [6.45, 7) is 5.76.